The number of halogens is 2. The molecule has 36 heavy (non-hydrogen) atoms. The fraction of sp³-hybridized carbons (Fsp3) is 0.120. The third-order valence-electron chi connectivity index (χ3n) is 4.99. The lowest BCUT2D eigenvalue weighted by Crippen LogP contribution is -2.20. The minimum absolute atomic E-state index is 0.0728. The molecular weight excluding hydrogens is 521 g/mol. The van der Waals surface area contributed by atoms with Crippen LogP contribution in [0.4, 0.5) is 0 Å². The standard InChI is InChI=1S/C25H21Cl2N5O3S/c1-34-21-12-5-17(22(13-21)35-2)14-28-29-23(33)15-36-25-31-30-24(16-3-6-18(26)7-4-16)32(25)20-10-8-19(27)9-11-20/h3-14H,15H2,1-2H3,(H,29,33). The molecule has 0 aliphatic carbocycles. The molecule has 1 amide bonds. The Hall–Kier alpha value is -3.53. The van der Waals surface area contributed by atoms with Crippen LogP contribution in [0, 0.1) is 0 Å². The molecule has 0 aliphatic rings. The van der Waals surface area contributed by atoms with E-state index >= 15 is 0 Å². The maximum Gasteiger partial charge on any atom is 0.250 e. The van der Waals surface area contributed by atoms with Gasteiger partial charge in [0.25, 0.3) is 5.91 Å². The van der Waals surface area contributed by atoms with Crippen molar-refractivity contribution in [2.75, 3.05) is 20.0 Å². The average molecular weight is 542 g/mol. The van der Waals surface area contributed by atoms with Gasteiger partial charge in [-0.05, 0) is 60.7 Å². The Kier molecular flexibility index (Phi) is 8.48. The molecule has 184 valence electrons. The van der Waals surface area contributed by atoms with Crippen LogP contribution in [-0.4, -0.2) is 46.9 Å². The maximum absolute atomic E-state index is 12.5. The number of carbonyl (C=O) groups is 1. The number of nitrogens with zero attached hydrogens (tertiary/aromatic N) is 4. The van der Waals surface area contributed by atoms with Gasteiger partial charge in [-0.3, -0.25) is 9.36 Å². The summed E-state index contributed by atoms with van der Waals surface area (Å²) in [6, 6.07) is 19.9. The van der Waals surface area contributed by atoms with Gasteiger partial charge in [-0.1, -0.05) is 35.0 Å². The highest BCUT2D eigenvalue weighted by Crippen LogP contribution is 2.29. The summed E-state index contributed by atoms with van der Waals surface area (Å²) in [6.45, 7) is 0. The predicted octanol–water partition coefficient (Wildman–Crippen LogP) is 5.50. The van der Waals surface area contributed by atoms with Crippen LogP contribution >= 0.6 is 35.0 Å². The molecule has 0 aliphatic heterocycles. The van der Waals surface area contributed by atoms with E-state index in [1.54, 1.807) is 56.7 Å². The van der Waals surface area contributed by atoms with Crippen molar-refractivity contribution in [2.24, 2.45) is 5.10 Å². The van der Waals surface area contributed by atoms with E-state index < -0.39 is 0 Å². The number of methoxy groups -OCH3 is 2. The lowest BCUT2D eigenvalue weighted by atomic mass is 10.2. The minimum atomic E-state index is -0.303. The molecule has 0 fully saturated rings. The summed E-state index contributed by atoms with van der Waals surface area (Å²) >= 11 is 13.4. The van der Waals surface area contributed by atoms with Crippen LogP contribution in [-0.2, 0) is 4.79 Å². The van der Waals surface area contributed by atoms with Crippen LogP contribution in [0.5, 0.6) is 11.5 Å². The van der Waals surface area contributed by atoms with Gasteiger partial charge in [-0.2, -0.15) is 5.10 Å². The van der Waals surface area contributed by atoms with E-state index in [1.807, 2.05) is 28.8 Å². The number of rotatable bonds is 9. The van der Waals surface area contributed by atoms with Gasteiger partial charge in [-0.15, -0.1) is 10.2 Å². The zero-order valence-corrected chi connectivity index (χ0v) is 21.6. The molecule has 3 aromatic carbocycles. The normalized spacial score (nSPS) is 11.0. The summed E-state index contributed by atoms with van der Waals surface area (Å²) in [5.41, 5.74) is 4.86. The molecule has 0 saturated carbocycles. The van der Waals surface area contributed by atoms with Gasteiger partial charge in [-0.25, -0.2) is 5.43 Å². The van der Waals surface area contributed by atoms with Crippen LogP contribution in [0.2, 0.25) is 10.0 Å². The molecule has 1 aromatic heterocycles. The Morgan fingerprint density at radius 2 is 1.69 bits per heavy atom. The highest BCUT2D eigenvalue weighted by molar-refractivity contribution is 7.99. The summed E-state index contributed by atoms with van der Waals surface area (Å²) in [5.74, 6) is 1.62. The smallest absolute Gasteiger partial charge is 0.250 e. The average Bonchev–Trinajstić information content (AvgIpc) is 3.32. The number of aromatic nitrogens is 3. The van der Waals surface area contributed by atoms with Crippen LogP contribution in [0.25, 0.3) is 17.1 Å². The number of hydrazone groups is 1. The van der Waals surface area contributed by atoms with Crippen molar-refractivity contribution in [2.45, 2.75) is 5.16 Å². The van der Waals surface area contributed by atoms with Gasteiger partial charge in [0.2, 0.25) is 0 Å². The lowest BCUT2D eigenvalue weighted by Gasteiger charge is -2.10. The Labute approximate surface area is 222 Å². The number of carbonyl (C=O) groups excluding carboxylic acids is 1. The molecule has 0 saturated heterocycles. The molecule has 1 N–H and O–H groups in total. The third kappa shape index (κ3) is 6.17. The number of ether oxygens (including phenoxy) is 2. The van der Waals surface area contributed by atoms with Crippen LogP contribution in [0.3, 0.4) is 0 Å². The van der Waals surface area contributed by atoms with Crippen molar-refractivity contribution in [3.63, 3.8) is 0 Å². The fourth-order valence-electron chi connectivity index (χ4n) is 3.23. The molecule has 0 spiro atoms. The maximum atomic E-state index is 12.5. The molecule has 0 radical (unpaired) electrons. The third-order valence-corrected chi connectivity index (χ3v) is 6.42. The van der Waals surface area contributed by atoms with Crippen molar-refractivity contribution in [1.29, 1.82) is 0 Å². The zero-order chi connectivity index (χ0) is 25.5. The van der Waals surface area contributed by atoms with Gasteiger partial charge in [0.15, 0.2) is 11.0 Å². The summed E-state index contributed by atoms with van der Waals surface area (Å²) in [5, 5.41) is 14.5. The Balaban J connectivity index is 1.49. The van der Waals surface area contributed by atoms with Crippen LogP contribution < -0.4 is 14.9 Å². The number of nitrogens with one attached hydrogen (secondary N) is 1. The number of hydrogen-bond acceptors (Lipinski definition) is 7. The summed E-state index contributed by atoms with van der Waals surface area (Å²) in [6.07, 6.45) is 1.51. The first-order valence-corrected chi connectivity index (χ1v) is 12.4. The zero-order valence-electron chi connectivity index (χ0n) is 19.3. The van der Waals surface area contributed by atoms with E-state index in [9.17, 15) is 4.79 Å². The van der Waals surface area contributed by atoms with Crippen molar-refractivity contribution in [3.05, 3.63) is 82.3 Å². The predicted molar refractivity (Wildman–Crippen MR) is 143 cm³/mol. The number of benzene rings is 3. The van der Waals surface area contributed by atoms with Gasteiger partial charge < -0.3 is 9.47 Å². The largest absolute Gasteiger partial charge is 0.497 e. The van der Waals surface area contributed by atoms with Crippen molar-refractivity contribution < 1.29 is 14.3 Å². The second-order valence-corrected chi connectivity index (χ2v) is 9.13. The molecule has 4 rings (SSSR count). The second kappa shape index (κ2) is 11.9. The lowest BCUT2D eigenvalue weighted by molar-refractivity contribution is -0.118. The Morgan fingerprint density at radius 3 is 2.36 bits per heavy atom. The molecule has 0 unspecified atom stereocenters. The van der Waals surface area contributed by atoms with E-state index in [-0.39, 0.29) is 11.7 Å². The SMILES string of the molecule is COc1ccc(C=NNC(=O)CSc2nnc(-c3ccc(Cl)cc3)n2-c2ccc(Cl)cc2)c(OC)c1. The summed E-state index contributed by atoms with van der Waals surface area (Å²) in [7, 11) is 3.13. The second-order valence-electron chi connectivity index (χ2n) is 7.31. The molecule has 1 heterocycles. The molecule has 11 heteroatoms. The molecule has 8 nitrogen and oxygen atoms in total. The summed E-state index contributed by atoms with van der Waals surface area (Å²) in [4.78, 5) is 12.5. The first kappa shape index (κ1) is 25.6. The number of hydrogen-bond donors (Lipinski definition) is 1. The van der Waals surface area contributed by atoms with E-state index in [0.29, 0.717) is 38.1 Å². The van der Waals surface area contributed by atoms with E-state index in [2.05, 4.69) is 20.7 Å². The molecule has 0 atom stereocenters. The van der Waals surface area contributed by atoms with Gasteiger partial charge in [0, 0.05) is 32.9 Å². The topological polar surface area (TPSA) is 90.6 Å². The highest BCUT2D eigenvalue weighted by Gasteiger charge is 2.17. The van der Waals surface area contributed by atoms with Crippen LogP contribution in [0.15, 0.2) is 77.0 Å². The van der Waals surface area contributed by atoms with E-state index in [1.165, 1.54) is 18.0 Å². The van der Waals surface area contributed by atoms with Gasteiger partial charge >= 0.3 is 0 Å². The van der Waals surface area contributed by atoms with Crippen molar-refractivity contribution >= 4 is 47.1 Å². The number of thioether (sulfide) groups is 1. The number of amides is 1. The van der Waals surface area contributed by atoms with Crippen molar-refractivity contribution in [3.8, 4) is 28.6 Å². The van der Waals surface area contributed by atoms with Crippen molar-refractivity contribution in [1.82, 2.24) is 20.2 Å². The van der Waals surface area contributed by atoms with Gasteiger partial charge in [0.1, 0.15) is 11.5 Å². The van der Waals surface area contributed by atoms with Gasteiger partial charge in [0.05, 0.1) is 26.2 Å². The fourth-order valence-corrected chi connectivity index (χ4v) is 4.23. The first-order chi connectivity index (χ1) is 17.5. The Bertz CT molecular complexity index is 1380. The first-order valence-electron chi connectivity index (χ1n) is 10.6. The quantitative estimate of drug-likeness (QED) is 0.171. The van der Waals surface area contributed by atoms with E-state index in [0.717, 1.165) is 11.3 Å². The monoisotopic (exact) mass is 541 g/mol. The van der Waals surface area contributed by atoms with E-state index in [4.69, 9.17) is 32.7 Å². The molecular formula is C25H21Cl2N5O3S. The Morgan fingerprint density at radius 1 is 1.00 bits per heavy atom. The minimum Gasteiger partial charge on any atom is -0.497 e. The molecule has 4 aromatic rings. The van der Waals surface area contributed by atoms with Crippen LogP contribution in [0.1, 0.15) is 5.56 Å². The summed E-state index contributed by atoms with van der Waals surface area (Å²) < 4.78 is 12.4. The molecule has 0 bridgehead atoms. The highest BCUT2D eigenvalue weighted by atomic mass is 35.5.